The highest BCUT2D eigenvalue weighted by Gasteiger charge is 2.54. The van der Waals surface area contributed by atoms with Gasteiger partial charge in [-0.3, -0.25) is 4.79 Å². The number of nitrogens with one attached hydrogen (secondary N) is 1. The van der Waals surface area contributed by atoms with Crippen LogP contribution in [-0.4, -0.2) is 44.0 Å². The van der Waals surface area contributed by atoms with Gasteiger partial charge in [0.05, 0.1) is 16.7 Å². The number of hydrogen-bond acceptors (Lipinski definition) is 4. The second kappa shape index (κ2) is 6.56. The quantitative estimate of drug-likeness (QED) is 0.794. The van der Waals surface area contributed by atoms with Crippen LogP contribution in [0.5, 0.6) is 5.75 Å². The van der Waals surface area contributed by atoms with E-state index < -0.39 is 33.7 Å². The molecule has 1 amide bonds. The van der Waals surface area contributed by atoms with Gasteiger partial charge < -0.3 is 4.74 Å². The largest absolute Gasteiger partial charge is 0.489 e. The van der Waals surface area contributed by atoms with E-state index in [0.717, 1.165) is 29.3 Å². The molecule has 2 aliphatic carbocycles. The lowest BCUT2D eigenvalue weighted by Gasteiger charge is -2.32. The summed E-state index contributed by atoms with van der Waals surface area (Å²) in [6, 6.07) is 2.04. The summed E-state index contributed by atoms with van der Waals surface area (Å²) >= 11 is 6.11. The average molecular weight is 421 g/mol. The topological polar surface area (TPSA) is 75.7 Å². The first kappa shape index (κ1) is 18.9. The summed E-state index contributed by atoms with van der Waals surface area (Å²) in [5.74, 6) is 0.0445. The Morgan fingerprint density at radius 1 is 1.30 bits per heavy atom. The van der Waals surface area contributed by atoms with E-state index in [-0.39, 0.29) is 30.0 Å². The van der Waals surface area contributed by atoms with Gasteiger partial charge in [-0.05, 0) is 36.7 Å². The highest BCUT2D eigenvalue weighted by Crippen LogP contribution is 2.57. The molecule has 0 spiro atoms. The molecule has 1 aliphatic heterocycles. The maximum absolute atomic E-state index is 14.4. The van der Waals surface area contributed by atoms with Gasteiger partial charge in [0.1, 0.15) is 17.7 Å². The number of fused-ring (bicyclic) bond motifs is 1. The number of halogens is 3. The maximum Gasteiger partial charge on any atom is 0.304 e. The van der Waals surface area contributed by atoms with Crippen molar-refractivity contribution in [2.24, 2.45) is 17.8 Å². The molecule has 4 atom stereocenters. The lowest BCUT2D eigenvalue weighted by molar-refractivity contribution is 0.0964. The standard InChI is InChI=1S/C17H19ClF2N2O4S/c1-8-11-2-10(3-12(8)11)26-16-5-15(20)13(4-14(16)18)17(23)21-27(24,25)22-6-9(19)7-22/h4-5,8-12H,2-3,6-7H2,1H3,(H,21,23)/t8?,10?,11-,12+. The molecule has 2 unspecified atom stereocenters. The minimum absolute atomic E-state index is 0.0281. The van der Waals surface area contributed by atoms with Crippen molar-refractivity contribution in [1.82, 2.24) is 9.03 Å². The van der Waals surface area contributed by atoms with Crippen molar-refractivity contribution in [2.75, 3.05) is 13.1 Å². The molecule has 0 bridgehead atoms. The van der Waals surface area contributed by atoms with Crippen molar-refractivity contribution in [1.29, 1.82) is 0 Å². The van der Waals surface area contributed by atoms with Gasteiger partial charge in [0.25, 0.3) is 5.91 Å². The highest BCUT2D eigenvalue weighted by atomic mass is 35.5. The minimum atomic E-state index is -4.22. The first-order chi connectivity index (χ1) is 12.7. The van der Waals surface area contributed by atoms with E-state index in [1.54, 1.807) is 4.72 Å². The van der Waals surface area contributed by atoms with Gasteiger partial charge in [0, 0.05) is 19.2 Å². The van der Waals surface area contributed by atoms with Crippen LogP contribution in [0.1, 0.15) is 30.1 Å². The number of alkyl halides is 1. The van der Waals surface area contributed by atoms with E-state index in [1.807, 2.05) is 0 Å². The Balaban J connectivity index is 1.44. The first-order valence-electron chi connectivity index (χ1n) is 8.77. The Kier molecular flexibility index (Phi) is 4.59. The van der Waals surface area contributed by atoms with E-state index in [1.165, 1.54) is 0 Å². The number of benzene rings is 1. The number of carbonyl (C=O) groups excluding carboxylic acids is 1. The molecular formula is C17H19ClF2N2O4S. The van der Waals surface area contributed by atoms with Gasteiger partial charge in [0.15, 0.2) is 0 Å². The van der Waals surface area contributed by atoms with E-state index in [4.69, 9.17) is 16.3 Å². The zero-order chi connectivity index (χ0) is 19.5. The molecule has 0 radical (unpaired) electrons. The molecule has 1 saturated heterocycles. The molecule has 3 aliphatic rings. The molecule has 1 heterocycles. The van der Waals surface area contributed by atoms with E-state index >= 15 is 0 Å². The van der Waals surface area contributed by atoms with Crippen LogP contribution in [0.4, 0.5) is 8.78 Å². The molecule has 1 aromatic carbocycles. The van der Waals surface area contributed by atoms with Gasteiger partial charge in [-0.15, -0.1) is 0 Å². The summed E-state index contributed by atoms with van der Waals surface area (Å²) in [7, 11) is -4.22. The number of carbonyl (C=O) groups is 1. The Bertz CT molecular complexity index is 879. The van der Waals surface area contributed by atoms with Crippen LogP contribution < -0.4 is 9.46 Å². The van der Waals surface area contributed by atoms with Crippen LogP contribution in [0.3, 0.4) is 0 Å². The number of rotatable bonds is 5. The molecule has 1 N–H and O–H groups in total. The minimum Gasteiger partial charge on any atom is -0.489 e. The smallest absolute Gasteiger partial charge is 0.304 e. The Hall–Kier alpha value is -1.45. The van der Waals surface area contributed by atoms with Gasteiger partial charge in [-0.2, -0.15) is 12.7 Å². The number of nitrogens with zero attached hydrogens (tertiary/aromatic N) is 1. The summed E-state index contributed by atoms with van der Waals surface area (Å²) in [6.45, 7) is 1.54. The van der Waals surface area contributed by atoms with Crippen LogP contribution in [-0.2, 0) is 10.2 Å². The maximum atomic E-state index is 14.4. The molecule has 0 aromatic heterocycles. The summed E-state index contributed by atoms with van der Waals surface area (Å²) in [4.78, 5) is 12.1. The van der Waals surface area contributed by atoms with Crippen LogP contribution >= 0.6 is 11.6 Å². The van der Waals surface area contributed by atoms with Crippen molar-refractivity contribution in [3.05, 3.63) is 28.5 Å². The highest BCUT2D eigenvalue weighted by molar-refractivity contribution is 7.87. The van der Waals surface area contributed by atoms with Gasteiger partial charge >= 0.3 is 10.2 Å². The fourth-order valence-electron chi connectivity index (χ4n) is 4.01. The third kappa shape index (κ3) is 3.52. The first-order valence-corrected chi connectivity index (χ1v) is 10.6. The normalized spacial score (nSPS) is 30.5. The lowest BCUT2D eigenvalue weighted by Crippen LogP contribution is -2.56. The SMILES string of the molecule is CC1[C@H]2CC(Oc3cc(F)c(C(=O)NS(=O)(=O)N4CC(F)C4)cc3Cl)C[C@@H]12. The van der Waals surface area contributed by atoms with Crippen LogP contribution in [0.2, 0.25) is 5.02 Å². The fraction of sp³-hybridized carbons (Fsp3) is 0.588. The van der Waals surface area contributed by atoms with Crippen LogP contribution in [0.25, 0.3) is 0 Å². The summed E-state index contributed by atoms with van der Waals surface area (Å²) in [6.07, 6.45) is 0.503. The van der Waals surface area contributed by atoms with Crippen molar-refractivity contribution in [3.63, 3.8) is 0 Å². The predicted octanol–water partition coefficient (Wildman–Crippen LogP) is 2.53. The number of amides is 1. The molecule has 6 nitrogen and oxygen atoms in total. The third-order valence-electron chi connectivity index (χ3n) is 5.75. The van der Waals surface area contributed by atoms with E-state index in [0.29, 0.717) is 17.8 Å². The molecule has 3 fully saturated rings. The van der Waals surface area contributed by atoms with Gasteiger partial charge in [0.2, 0.25) is 0 Å². The predicted molar refractivity (Wildman–Crippen MR) is 94.1 cm³/mol. The molecule has 10 heteroatoms. The Morgan fingerprint density at radius 3 is 2.52 bits per heavy atom. The van der Waals surface area contributed by atoms with Gasteiger partial charge in [-0.25, -0.2) is 13.5 Å². The molecule has 27 heavy (non-hydrogen) atoms. The molecular weight excluding hydrogens is 402 g/mol. The van der Waals surface area contributed by atoms with Gasteiger partial charge in [-0.1, -0.05) is 18.5 Å². The summed E-state index contributed by atoms with van der Waals surface area (Å²) in [5.41, 5.74) is -0.517. The van der Waals surface area contributed by atoms with Crippen LogP contribution in [0.15, 0.2) is 12.1 Å². The van der Waals surface area contributed by atoms with E-state index in [2.05, 4.69) is 6.92 Å². The Labute approximate surface area is 161 Å². The third-order valence-corrected chi connectivity index (χ3v) is 7.47. The second-order valence-corrected chi connectivity index (χ2v) is 9.59. The van der Waals surface area contributed by atoms with Crippen molar-refractivity contribution in [3.8, 4) is 5.75 Å². The average Bonchev–Trinajstić information content (AvgIpc) is 2.96. The summed E-state index contributed by atoms with van der Waals surface area (Å²) in [5, 5.41) is 0.0281. The van der Waals surface area contributed by atoms with Crippen molar-refractivity contribution >= 4 is 27.7 Å². The molecule has 4 rings (SSSR count). The fourth-order valence-corrected chi connectivity index (χ4v) is 5.41. The Morgan fingerprint density at radius 2 is 1.93 bits per heavy atom. The zero-order valence-electron chi connectivity index (χ0n) is 14.5. The monoisotopic (exact) mass is 420 g/mol. The van der Waals surface area contributed by atoms with E-state index in [9.17, 15) is 22.0 Å². The van der Waals surface area contributed by atoms with Crippen LogP contribution in [0, 0.1) is 23.6 Å². The number of hydrogen-bond donors (Lipinski definition) is 1. The second-order valence-electron chi connectivity index (χ2n) is 7.51. The lowest BCUT2D eigenvalue weighted by atomic mass is 10.1. The molecule has 148 valence electrons. The number of ether oxygens (including phenoxy) is 1. The van der Waals surface area contributed by atoms with Crippen molar-refractivity contribution in [2.45, 2.75) is 32.0 Å². The van der Waals surface area contributed by atoms with Crippen molar-refractivity contribution < 1.29 is 26.7 Å². The summed E-state index contributed by atoms with van der Waals surface area (Å²) < 4.78 is 59.3. The molecule has 2 saturated carbocycles. The zero-order valence-corrected chi connectivity index (χ0v) is 16.1. The molecule has 1 aromatic rings.